The fourth-order valence-electron chi connectivity index (χ4n) is 4.22. The summed E-state index contributed by atoms with van der Waals surface area (Å²) in [5, 5.41) is 23.0. The van der Waals surface area contributed by atoms with Crippen molar-refractivity contribution in [2.45, 2.75) is 24.9 Å². The quantitative estimate of drug-likeness (QED) is 0.350. The number of carbonyl (C=O) groups excluding carboxylic acids is 1. The largest absolute Gasteiger partial charge is 0.454 e. The second kappa shape index (κ2) is 10.1. The molecule has 10 heteroatoms. The Morgan fingerprint density at radius 1 is 1.06 bits per heavy atom. The van der Waals surface area contributed by atoms with E-state index in [1.54, 1.807) is 30.3 Å². The number of benzene rings is 2. The Balaban J connectivity index is 1.21. The third-order valence-electron chi connectivity index (χ3n) is 6.22. The number of carbonyl (C=O) groups is 1. The molecule has 0 radical (unpaired) electrons. The van der Waals surface area contributed by atoms with E-state index in [1.807, 2.05) is 36.4 Å². The van der Waals surface area contributed by atoms with E-state index in [4.69, 9.17) is 20.9 Å². The summed E-state index contributed by atoms with van der Waals surface area (Å²) in [6.07, 6.45) is 1.26. The molecule has 0 saturated carbocycles. The molecule has 0 spiro atoms. The minimum Gasteiger partial charge on any atom is -0.454 e. The van der Waals surface area contributed by atoms with E-state index in [2.05, 4.69) is 31.3 Å². The molecule has 3 heterocycles. The summed E-state index contributed by atoms with van der Waals surface area (Å²) < 4.78 is 10.5. The van der Waals surface area contributed by atoms with Crippen molar-refractivity contribution in [1.82, 2.24) is 20.3 Å². The lowest BCUT2D eigenvalue weighted by Crippen LogP contribution is -2.42. The highest BCUT2D eigenvalue weighted by Gasteiger charge is 2.38. The molecule has 180 valence electrons. The van der Waals surface area contributed by atoms with Crippen molar-refractivity contribution >= 4 is 23.4 Å². The van der Waals surface area contributed by atoms with Crippen LogP contribution in [0.5, 0.6) is 0 Å². The molecule has 1 saturated heterocycles. The number of esters is 1. The second-order valence-corrected chi connectivity index (χ2v) is 8.80. The van der Waals surface area contributed by atoms with Gasteiger partial charge in [-0.1, -0.05) is 53.2 Å². The van der Waals surface area contributed by atoms with Gasteiger partial charge in [0.25, 0.3) is 5.89 Å². The highest BCUT2D eigenvalue weighted by Crippen LogP contribution is 2.39. The number of hydrogen-bond acceptors (Lipinski definition) is 9. The molecule has 0 atom stereocenters. The Morgan fingerprint density at radius 2 is 1.81 bits per heavy atom. The minimum absolute atomic E-state index is 0.122. The van der Waals surface area contributed by atoms with Gasteiger partial charge in [-0.05, 0) is 48.7 Å². The maximum Gasteiger partial charge on any atom is 0.338 e. The number of rotatable bonds is 6. The number of piperidine rings is 1. The van der Waals surface area contributed by atoms with Crippen molar-refractivity contribution in [2.24, 2.45) is 0 Å². The van der Waals surface area contributed by atoms with Gasteiger partial charge in [0.2, 0.25) is 5.82 Å². The maximum absolute atomic E-state index is 12.1. The molecule has 0 aliphatic carbocycles. The first-order chi connectivity index (χ1) is 17.6. The number of nitriles is 1. The monoisotopic (exact) mass is 500 g/mol. The van der Waals surface area contributed by atoms with Crippen molar-refractivity contribution in [2.75, 3.05) is 18.0 Å². The zero-order valence-corrected chi connectivity index (χ0v) is 19.9. The molecule has 0 bridgehead atoms. The molecule has 0 unspecified atom stereocenters. The summed E-state index contributed by atoms with van der Waals surface area (Å²) in [5.74, 6) is 0.632. The summed E-state index contributed by atoms with van der Waals surface area (Å²) in [6.45, 7) is 1.16. The smallest absolute Gasteiger partial charge is 0.338 e. The molecular formula is C26H21ClN6O3. The van der Waals surface area contributed by atoms with E-state index < -0.39 is 11.4 Å². The number of nitrogens with zero attached hydrogens (tertiary/aromatic N) is 6. The van der Waals surface area contributed by atoms with Gasteiger partial charge in [-0.25, -0.2) is 4.79 Å². The Kier molecular flexibility index (Phi) is 6.60. The Labute approximate surface area is 212 Å². The van der Waals surface area contributed by atoms with Gasteiger partial charge < -0.3 is 14.2 Å². The van der Waals surface area contributed by atoms with Crippen LogP contribution in [0, 0.1) is 11.3 Å². The van der Waals surface area contributed by atoms with Crippen LogP contribution in [0.25, 0.3) is 11.6 Å². The number of hydrogen-bond donors (Lipinski definition) is 0. The lowest BCUT2D eigenvalue weighted by molar-refractivity contribution is 0.0459. The predicted molar refractivity (Wildman–Crippen MR) is 131 cm³/mol. The predicted octanol–water partition coefficient (Wildman–Crippen LogP) is 4.60. The summed E-state index contributed by atoms with van der Waals surface area (Å²) in [7, 11) is 0. The molecule has 9 nitrogen and oxygen atoms in total. The lowest BCUT2D eigenvalue weighted by atomic mass is 9.74. The fraction of sp³-hybridized carbons (Fsp3) is 0.231. The molecule has 4 aromatic rings. The van der Waals surface area contributed by atoms with Crippen molar-refractivity contribution in [3.8, 4) is 17.7 Å². The number of aromatic nitrogens is 4. The van der Waals surface area contributed by atoms with Crippen molar-refractivity contribution in [3.63, 3.8) is 0 Å². The lowest BCUT2D eigenvalue weighted by Gasteiger charge is -2.38. The zero-order valence-electron chi connectivity index (χ0n) is 19.2. The van der Waals surface area contributed by atoms with E-state index in [1.165, 1.54) is 0 Å². The van der Waals surface area contributed by atoms with Crippen LogP contribution in [0.4, 0.5) is 5.82 Å². The van der Waals surface area contributed by atoms with E-state index in [9.17, 15) is 10.1 Å². The number of halogens is 1. The molecule has 1 aliphatic heterocycles. The van der Waals surface area contributed by atoms with Gasteiger partial charge in [-0.3, -0.25) is 0 Å². The second-order valence-electron chi connectivity index (χ2n) is 8.40. The third-order valence-corrected chi connectivity index (χ3v) is 6.55. The van der Waals surface area contributed by atoms with Gasteiger partial charge in [0.1, 0.15) is 0 Å². The highest BCUT2D eigenvalue weighted by atomic mass is 35.5. The topological polar surface area (TPSA) is 118 Å². The molecule has 0 amide bonds. The Morgan fingerprint density at radius 3 is 2.50 bits per heavy atom. The van der Waals surface area contributed by atoms with E-state index in [0.717, 1.165) is 5.56 Å². The van der Waals surface area contributed by atoms with Crippen molar-refractivity contribution in [1.29, 1.82) is 5.26 Å². The van der Waals surface area contributed by atoms with Gasteiger partial charge in [0.05, 0.1) is 17.0 Å². The SMILES string of the molecule is N#CC1(c2ccccc2Cl)CCN(c2ccc(-c3nc(COC(=O)c4ccccc4)no3)nn2)CC1. The Hall–Kier alpha value is -4.29. The maximum atomic E-state index is 12.1. The molecule has 0 N–H and O–H groups in total. The summed E-state index contributed by atoms with van der Waals surface area (Å²) in [5.41, 5.74) is 1.11. The van der Waals surface area contributed by atoms with Crippen LogP contribution in [-0.4, -0.2) is 39.4 Å². The van der Waals surface area contributed by atoms with Crippen LogP contribution < -0.4 is 4.90 Å². The standard InChI is InChI=1S/C26H21ClN6O3/c27-20-9-5-4-8-19(20)26(17-28)12-14-33(15-13-26)23-11-10-21(30-31-23)24-29-22(32-36-24)16-35-25(34)18-6-2-1-3-7-18/h1-11H,12-16H2. The minimum atomic E-state index is -0.619. The first kappa shape index (κ1) is 23.5. The van der Waals surface area contributed by atoms with Crippen LogP contribution in [-0.2, 0) is 16.8 Å². The number of ether oxygens (including phenoxy) is 1. The fourth-order valence-corrected chi connectivity index (χ4v) is 4.54. The average molecular weight is 501 g/mol. The van der Waals surface area contributed by atoms with Crippen LogP contribution in [0.3, 0.4) is 0 Å². The first-order valence-electron chi connectivity index (χ1n) is 11.4. The highest BCUT2D eigenvalue weighted by molar-refractivity contribution is 6.31. The Bertz CT molecular complexity index is 1390. The molecular weight excluding hydrogens is 480 g/mol. The van der Waals surface area contributed by atoms with Crippen molar-refractivity contribution < 1.29 is 14.1 Å². The zero-order chi connectivity index (χ0) is 25.0. The van der Waals surface area contributed by atoms with Gasteiger partial charge in [-0.15, -0.1) is 10.2 Å². The van der Waals surface area contributed by atoms with E-state index in [0.29, 0.717) is 48.0 Å². The third kappa shape index (κ3) is 4.76. The molecule has 1 fully saturated rings. The summed E-state index contributed by atoms with van der Waals surface area (Å²) >= 11 is 6.39. The van der Waals surface area contributed by atoms with Crippen LogP contribution >= 0.6 is 11.6 Å². The van der Waals surface area contributed by atoms with Gasteiger partial charge in [0.15, 0.2) is 18.1 Å². The van der Waals surface area contributed by atoms with Crippen LogP contribution in [0.1, 0.15) is 34.6 Å². The molecule has 2 aromatic heterocycles. The van der Waals surface area contributed by atoms with Crippen LogP contribution in [0.15, 0.2) is 71.3 Å². The van der Waals surface area contributed by atoms with Gasteiger partial charge in [0, 0.05) is 18.1 Å². The first-order valence-corrected chi connectivity index (χ1v) is 11.8. The molecule has 2 aromatic carbocycles. The molecule has 36 heavy (non-hydrogen) atoms. The number of anilines is 1. The van der Waals surface area contributed by atoms with E-state index >= 15 is 0 Å². The van der Waals surface area contributed by atoms with Crippen molar-refractivity contribution in [3.05, 3.63) is 88.7 Å². The normalized spacial score (nSPS) is 14.7. The van der Waals surface area contributed by atoms with Crippen LogP contribution in [0.2, 0.25) is 5.02 Å². The molecule has 5 rings (SSSR count). The average Bonchev–Trinajstić information content (AvgIpc) is 3.42. The van der Waals surface area contributed by atoms with Gasteiger partial charge in [-0.2, -0.15) is 10.2 Å². The summed E-state index contributed by atoms with van der Waals surface area (Å²) in [6, 6.07) is 22.3. The molecule has 1 aliphatic rings. The van der Waals surface area contributed by atoms with E-state index in [-0.39, 0.29) is 18.3 Å². The summed E-state index contributed by atoms with van der Waals surface area (Å²) in [4.78, 5) is 18.4. The van der Waals surface area contributed by atoms with Gasteiger partial charge >= 0.3 is 5.97 Å².